The first-order valence-corrected chi connectivity index (χ1v) is 11.2. The van der Waals surface area contributed by atoms with Gasteiger partial charge in [-0.1, -0.05) is 42.0 Å². The zero-order valence-corrected chi connectivity index (χ0v) is 17.7. The summed E-state index contributed by atoms with van der Waals surface area (Å²) in [5.41, 5.74) is 2.04. The highest BCUT2D eigenvalue weighted by atomic mass is 32.2. The molecule has 1 fully saturated rings. The average Bonchev–Trinajstić information content (AvgIpc) is 3.07. The van der Waals surface area contributed by atoms with Crippen LogP contribution in [0.4, 0.5) is 5.69 Å². The summed E-state index contributed by atoms with van der Waals surface area (Å²) in [6, 6.07) is 17.2. The molecule has 4 rings (SSSR count). The van der Waals surface area contributed by atoms with Crippen LogP contribution < -0.4 is 4.90 Å². The van der Waals surface area contributed by atoms with Crippen LogP contribution in [0.5, 0.6) is 0 Å². The lowest BCUT2D eigenvalue weighted by Gasteiger charge is -2.27. The molecule has 0 aliphatic carbocycles. The minimum absolute atomic E-state index is 0.0629. The summed E-state index contributed by atoms with van der Waals surface area (Å²) >= 11 is 0. The number of aryl methyl sites for hydroxylation is 1. The maximum absolute atomic E-state index is 13.5. The van der Waals surface area contributed by atoms with E-state index in [0.717, 1.165) is 14.8 Å². The number of benzene rings is 2. The topological polar surface area (TPSA) is 87.7 Å². The van der Waals surface area contributed by atoms with Crippen LogP contribution in [-0.2, 0) is 26.2 Å². The summed E-state index contributed by atoms with van der Waals surface area (Å²) in [4.78, 5) is 31.2. The van der Waals surface area contributed by atoms with Gasteiger partial charge in [-0.25, -0.2) is 13.3 Å². The molecule has 158 valence electrons. The average molecular weight is 436 g/mol. The van der Waals surface area contributed by atoms with E-state index in [9.17, 15) is 18.0 Å². The summed E-state index contributed by atoms with van der Waals surface area (Å²) < 4.78 is 28.1. The first kappa shape index (κ1) is 20.9. The fourth-order valence-electron chi connectivity index (χ4n) is 3.57. The normalized spacial score (nSPS) is 16.8. The van der Waals surface area contributed by atoms with Crippen molar-refractivity contribution in [1.29, 1.82) is 0 Å². The van der Waals surface area contributed by atoms with Gasteiger partial charge in [-0.15, -0.1) is 0 Å². The van der Waals surface area contributed by atoms with Crippen LogP contribution in [0.15, 0.2) is 84.0 Å². The molecule has 1 aliphatic rings. The van der Waals surface area contributed by atoms with Crippen LogP contribution >= 0.6 is 0 Å². The van der Waals surface area contributed by atoms with E-state index in [-0.39, 0.29) is 17.9 Å². The van der Waals surface area contributed by atoms with Crippen molar-refractivity contribution < 1.29 is 18.0 Å². The Morgan fingerprint density at radius 2 is 1.71 bits per heavy atom. The molecule has 0 saturated carbocycles. The van der Waals surface area contributed by atoms with Gasteiger partial charge in [0, 0.05) is 18.9 Å². The number of sulfonamides is 1. The second-order valence-electron chi connectivity index (χ2n) is 7.35. The number of nitrogens with zero attached hydrogens (tertiary/aromatic N) is 3. The number of carbonyl (C=O) groups excluding carboxylic acids is 2. The van der Waals surface area contributed by atoms with Crippen molar-refractivity contribution >= 4 is 27.5 Å². The van der Waals surface area contributed by atoms with Crippen molar-refractivity contribution in [2.75, 3.05) is 4.90 Å². The van der Waals surface area contributed by atoms with Crippen LogP contribution in [0.3, 0.4) is 0 Å². The van der Waals surface area contributed by atoms with E-state index in [2.05, 4.69) is 4.98 Å². The Labute approximate surface area is 181 Å². The Hall–Kier alpha value is -3.36. The molecule has 0 N–H and O–H groups in total. The van der Waals surface area contributed by atoms with Gasteiger partial charge >= 0.3 is 0 Å². The summed E-state index contributed by atoms with van der Waals surface area (Å²) in [6.07, 6.45) is 2.91. The van der Waals surface area contributed by atoms with Crippen molar-refractivity contribution in [1.82, 2.24) is 9.29 Å². The quantitative estimate of drug-likeness (QED) is 0.556. The highest BCUT2D eigenvalue weighted by Crippen LogP contribution is 2.30. The van der Waals surface area contributed by atoms with Crippen LogP contribution in [-0.4, -0.2) is 35.6 Å². The molecule has 0 bridgehead atoms. The predicted molar refractivity (Wildman–Crippen MR) is 115 cm³/mol. The summed E-state index contributed by atoms with van der Waals surface area (Å²) in [5.74, 6) is -0.990. The summed E-state index contributed by atoms with van der Waals surface area (Å²) in [7, 11) is -4.05. The Morgan fingerprint density at radius 1 is 1.00 bits per heavy atom. The van der Waals surface area contributed by atoms with Gasteiger partial charge in [0.2, 0.25) is 15.9 Å². The third kappa shape index (κ3) is 4.12. The van der Waals surface area contributed by atoms with E-state index in [1.165, 1.54) is 12.1 Å². The lowest BCUT2D eigenvalue weighted by Crippen LogP contribution is -2.45. The maximum atomic E-state index is 13.5. The molecule has 1 unspecified atom stereocenters. The third-order valence-corrected chi connectivity index (χ3v) is 7.04. The minimum Gasteiger partial charge on any atom is -0.274 e. The van der Waals surface area contributed by atoms with Crippen LogP contribution in [0.1, 0.15) is 17.5 Å². The molecule has 2 amide bonds. The SMILES string of the molecule is Cc1ccc(N2C(=O)CC(N(Cc3cccnc3)S(=O)(=O)c3ccccc3)C2=O)cc1. The molecule has 2 heterocycles. The highest BCUT2D eigenvalue weighted by molar-refractivity contribution is 7.89. The summed E-state index contributed by atoms with van der Waals surface area (Å²) in [6.45, 7) is 1.83. The van der Waals surface area contributed by atoms with Gasteiger partial charge in [-0.2, -0.15) is 4.31 Å². The molecular formula is C23H21N3O4S. The second-order valence-corrected chi connectivity index (χ2v) is 9.24. The van der Waals surface area contributed by atoms with E-state index < -0.39 is 27.9 Å². The molecule has 1 aliphatic heterocycles. The molecule has 0 radical (unpaired) electrons. The number of carbonyl (C=O) groups is 2. The molecular weight excluding hydrogens is 414 g/mol. The minimum atomic E-state index is -4.05. The third-order valence-electron chi connectivity index (χ3n) is 5.17. The van der Waals surface area contributed by atoms with E-state index in [4.69, 9.17) is 0 Å². The van der Waals surface area contributed by atoms with Gasteiger partial charge in [0.1, 0.15) is 6.04 Å². The van der Waals surface area contributed by atoms with Crippen molar-refractivity contribution in [3.05, 3.63) is 90.3 Å². The molecule has 7 nitrogen and oxygen atoms in total. The smallest absolute Gasteiger partial charge is 0.252 e. The molecule has 3 aromatic rings. The van der Waals surface area contributed by atoms with Gasteiger partial charge in [0.15, 0.2) is 0 Å². The van der Waals surface area contributed by atoms with E-state index >= 15 is 0 Å². The Balaban J connectivity index is 1.74. The number of rotatable bonds is 6. The van der Waals surface area contributed by atoms with Gasteiger partial charge < -0.3 is 0 Å². The van der Waals surface area contributed by atoms with Crippen LogP contribution in [0, 0.1) is 6.92 Å². The molecule has 1 saturated heterocycles. The maximum Gasteiger partial charge on any atom is 0.252 e. The molecule has 8 heteroatoms. The Morgan fingerprint density at radius 3 is 2.35 bits per heavy atom. The number of anilines is 1. The number of amides is 2. The first-order valence-electron chi connectivity index (χ1n) is 9.77. The molecule has 0 spiro atoms. The lowest BCUT2D eigenvalue weighted by atomic mass is 10.2. The molecule has 2 aromatic carbocycles. The van der Waals surface area contributed by atoms with Crippen molar-refractivity contribution in [3.63, 3.8) is 0 Å². The Kier molecular flexibility index (Phi) is 5.67. The van der Waals surface area contributed by atoms with Gasteiger partial charge in [-0.05, 0) is 42.8 Å². The van der Waals surface area contributed by atoms with E-state index in [0.29, 0.717) is 11.3 Å². The van der Waals surface area contributed by atoms with Gasteiger partial charge in [-0.3, -0.25) is 14.6 Å². The van der Waals surface area contributed by atoms with Crippen LogP contribution in [0.25, 0.3) is 0 Å². The second kappa shape index (κ2) is 8.41. The molecule has 1 atom stereocenters. The fraction of sp³-hybridized carbons (Fsp3) is 0.174. The zero-order valence-electron chi connectivity index (χ0n) is 16.9. The number of hydrogen-bond donors (Lipinski definition) is 0. The Bertz CT molecular complexity index is 1200. The number of pyridine rings is 1. The van der Waals surface area contributed by atoms with Crippen molar-refractivity contribution in [2.24, 2.45) is 0 Å². The highest BCUT2D eigenvalue weighted by Gasteiger charge is 2.46. The number of aromatic nitrogens is 1. The van der Waals surface area contributed by atoms with Gasteiger partial charge in [0.05, 0.1) is 17.0 Å². The van der Waals surface area contributed by atoms with E-state index in [1.54, 1.807) is 67.0 Å². The van der Waals surface area contributed by atoms with E-state index in [1.807, 2.05) is 6.92 Å². The monoisotopic (exact) mass is 435 g/mol. The van der Waals surface area contributed by atoms with Gasteiger partial charge in [0.25, 0.3) is 5.91 Å². The fourth-order valence-corrected chi connectivity index (χ4v) is 5.16. The van der Waals surface area contributed by atoms with Crippen LogP contribution in [0.2, 0.25) is 0 Å². The number of imide groups is 1. The lowest BCUT2D eigenvalue weighted by molar-refractivity contribution is -0.122. The standard InChI is InChI=1S/C23H21N3O4S/c1-17-9-11-19(12-10-17)26-22(27)14-21(23(26)28)25(16-18-6-5-13-24-15-18)31(29,30)20-7-3-2-4-8-20/h2-13,15,21H,14,16H2,1H3. The molecule has 31 heavy (non-hydrogen) atoms. The summed E-state index contributed by atoms with van der Waals surface area (Å²) in [5, 5.41) is 0. The zero-order chi connectivity index (χ0) is 22.0. The first-order chi connectivity index (χ1) is 14.9. The molecule has 1 aromatic heterocycles. The largest absolute Gasteiger partial charge is 0.274 e. The predicted octanol–water partition coefficient (Wildman–Crippen LogP) is 2.91. The van der Waals surface area contributed by atoms with Crippen molar-refractivity contribution in [3.8, 4) is 0 Å². The number of hydrogen-bond acceptors (Lipinski definition) is 5. The van der Waals surface area contributed by atoms with Crippen molar-refractivity contribution in [2.45, 2.75) is 30.8 Å².